The molecule has 0 radical (unpaired) electrons. The van der Waals surface area contributed by atoms with Gasteiger partial charge in [-0.15, -0.1) is 29.5 Å². The number of rotatable bonds is 8. The molecule has 1 aromatic carbocycles. The Hall–Kier alpha value is -1.62. The smallest absolute Gasteiger partial charge is 0.346 e. The molecule has 3 rings (SSSR count). The van der Waals surface area contributed by atoms with Crippen molar-refractivity contribution in [1.82, 2.24) is 0 Å². The van der Waals surface area contributed by atoms with Crippen LogP contribution in [0, 0.1) is 30.5 Å². The topological polar surface area (TPSA) is 37.3 Å². The van der Waals surface area contributed by atoms with Gasteiger partial charge in [0.05, 0.1) is 5.02 Å². The molecule has 4 atom stereocenters. The zero-order valence-electron chi connectivity index (χ0n) is 16.8. The van der Waals surface area contributed by atoms with Gasteiger partial charge in [-0.3, -0.25) is 0 Å². The predicted molar refractivity (Wildman–Crippen MR) is 124 cm³/mol. The second-order valence-corrected chi connectivity index (χ2v) is 9.84. The first kappa shape index (κ1) is 23.1. The lowest BCUT2D eigenvalue weighted by Crippen LogP contribution is -2.16. The van der Waals surface area contributed by atoms with Gasteiger partial charge in [0.25, 0.3) is 0 Å². The molecule has 160 valence electrons. The molecule has 0 bridgehead atoms. The average molecular weight is 467 g/mol. The molecule has 1 fully saturated rings. The highest BCUT2D eigenvalue weighted by Crippen LogP contribution is 2.45. The second kappa shape index (κ2) is 10.1. The molecule has 6 heteroatoms. The van der Waals surface area contributed by atoms with Crippen molar-refractivity contribution in [3.05, 3.63) is 74.7 Å². The average Bonchev–Trinajstić information content (AvgIpc) is 3.17. The van der Waals surface area contributed by atoms with E-state index in [4.69, 9.17) is 23.2 Å². The number of alkyl halides is 1. The maximum atomic E-state index is 13.5. The summed E-state index contributed by atoms with van der Waals surface area (Å²) in [5, 5.41) is 9.91. The first-order chi connectivity index (χ1) is 14.3. The van der Waals surface area contributed by atoms with Gasteiger partial charge in [-0.05, 0) is 73.6 Å². The van der Waals surface area contributed by atoms with Crippen LogP contribution in [0.2, 0.25) is 5.02 Å². The minimum absolute atomic E-state index is 0.0466. The molecule has 1 N–H and O–H groups in total. The number of allylic oxidation sites excluding steroid dienone is 2. The van der Waals surface area contributed by atoms with Crippen molar-refractivity contribution in [2.45, 2.75) is 38.0 Å². The highest BCUT2D eigenvalue weighted by molar-refractivity contribution is 7.14. The van der Waals surface area contributed by atoms with E-state index >= 15 is 0 Å². The molecule has 1 saturated carbocycles. The van der Waals surface area contributed by atoms with Crippen LogP contribution in [0.5, 0.6) is 0 Å². The van der Waals surface area contributed by atoms with Crippen molar-refractivity contribution in [3.63, 3.8) is 0 Å². The fraction of sp³-hybridized carbons (Fsp3) is 0.375. The third kappa shape index (κ3) is 5.16. The Bertz CT molecular complexity index is 953. The molecular formula is C24H25Cl2FO2S. The maximum absolute atomic E-state index is 13.5. The number of aryl methyl sites for hydroxylation is 1. The molecule has 30 heavy (non-hydrogen) atoms. The zero-order chi connectivity index (χ0) is 21.8. The highest BCUT2D eigenvalue weighted by atomic mass is 35.5. The fourth-order valence-corrected chi connectivity index (χ4v) is 6.25. The van der Waals surface area contributed by atoms with Crippen molar-refractivity contribution in [3.8, 4) is 0 Å². The number of benzene rings is 1. The van der Waals surface area contributed by atoms with Crippen LogP contribution in [0.3, 0.4) is 0 Å². The Morgan fingerprint density at radius 2 is 2.20 bits per heavy atom. The minimum Gasteiger partial charge on any atom is -0.477 e. The van der Waals surface area contributed by atoms with E-state index in [1.54, 1.807) is 13.0 Å². The Kier molecular flexibility index (Phi) is 7.78. The summed E-state index contributed by atoms with van der Waals surface area (Å²) in [5.74, 6) is -0.381. The number of thiophene rings is 1. The summed E-state index contributed by atoms with van der Waals surface area (Å²) in [6.07, 6.45) is 9.46. The molecule has 1 aliphatic carbocycles. The Morgan fingerprint density at radius 1 is 1.43 bits per heavy atom. The molecule has 1 aromatic heterocycles. The zero-order valence-corrected chi connectivity index (χ0v) is 19.1. The molecule has 0 saturated heterocycles. The van der Waals surface area contributed by atoms with Gasteiger partial charge < -0.3 is 5.11 Å². The number of carboxylic acid groups (broad SMARTS) is 1. The van der Waals surface area contributed by atoms with Crippen LogP contribution in [0.15, 0.2) is 43.0 Å². The van der Waals surface area contributed by atoms with Crippen LogP contribution in [-0.4, -0.2) is 16.5 Å². The van der Waals surface area contributed by atoms with Crippen molar-refractivity contribution in [2.24, 2.45) is 17.8 Å². The van der Waals surface area contributed by atoms with E-state index in [1.807, 2.05) is 18.2 Å². The number of aromatic carboxylic acids is 1. The van der Waals surface area contributed by atoms with Gasteiger partial charge in [0.2, 0.25) is 0 Å². The van der Waals surface area contributed by atoms with E-state index in [2.05, 4.69) is 12.7 Å². The van der Waals surface area contributed by atoms with Gasteiger partial charge >= 0.3 is 5.97 Å². The number of carbonyl (C=O) groups is 1. The predicted octanol–water partition coefficient (Wildman–Crippen LogP) is 7.63. The molecule has 0 amide bonds. The quantitative estimate of drug-likeness (QED) is 0.320. The van der Waals surface area contributed by atoms with E-state index in [0.29, 0.717) is 15.5 Å². The summed E-state index contributed by atoms with van der Waals surface area (Å²) in [5.41, 5.74) is 1.47. The summed E-state index contributed by atoms with van der Waals surface area (Å²) in [4.78, 5) is 12.6. The molecule has 1 aliphatic rings. The minimum atomic E-state index is -0.932. The van der Waals surface area contributed by atoms with E-state index < -0.39 is 5.97 Å². The normalized spacial score (nSPS) is 23.9. The van der Waals surface area contributed by atoms with Crippen molar-refractivity contribution in [2.75, 3.05) is 0 Å². The van der Waals surface area contributed by atoms with E-state index in [0.717, 1.165) is 36.1 Å². The number of halogens is 3. The standard InChI is InChI=1S/C24H25Cl2FO2S/c1-3-16-13-20(25)19(18(16)11-10-15-6-4-7-17(27)12-15)8-5-9-21-22(26)14(2)23(30-21)24(28)29/h3-4,6-7,10-12,16,18-20H,1,5,8-9,13H2,2H3,(H,28,29)/b11-10+/t16-,18+,19-,20-/m1/s1. The molecule has 2 aromatic rings. The summed E-state index contributed by atoms with van der Waals surface area (Å²) in [6, 6.07) is 6.54. The molecule has 2 nitrogen and oxygen atoms in total. The lowest BCUT2D eigenvalue weighted by molar-refractivity contribution is 0.0701. The van der Waals surface area contributed by atoms with Crippen LogP contribution >= 0.6 is 34.5 Å². The number of carboxylic acids is 1. The molecule has 1 heterocycles. The molecule has 0 spiro atoms. The monoisotopic (exact) mass is 466 g/mol. The van der Waals surface area contributed by atoms with Crippen LogP contribution in [0.4, 0.5) is 4.39 Å². The lowest BCUT2D eigenvalue weighted by atomic mass is 9.85. The number of hydrogen-bond donors (Lipinski definition) is 1. The summed E-state index contributed by atoms with van der Waals surface area (Å²) >= 11 is 14.3. The third-order valence-corrected chi connectivity index (χ3v) is 8.35. The SMILES string of the molecule is C=C[C@@H]1C[C@@H](Cl)[C@H](CCCc2sc(C(=O)O)c(C)c2Cl)[C@H]1/C=C/c1cccc(F)c1. The largest absolute Gasteiger partial charge is 0.477 e. The maximum Gasteiger partial charge on any atom is 0.346 e. The Labute approximate surface area is 191 Å². The van der Waals surface area contributed by atoms with E-state index in [-0.39, 0.29) is 28.9 Å². The van der Waals surface area contributed by atoms with Crippen LogP contribution in [-0.2, 0) is 6.42 Å². The van der Waals surface area contributed by atoms with E-state index in [1.165, 1.54) is 23.5 Å². The van der Waals surface area contributed by atoms with Crippen LogP contribution in [0.25, 0.3) is 6.08 Å². The van der Waals surface area contributed by atoms with Crippen LogP contribution in [0.1, 0.15) is 44.9 Å². The Balaban J connectivity index is 1.69. The van der Waals surface area contributed by atoms with Gasteiger partial charge in [-0.25, -0.2) is 9.18 Å². The van der Waals surface area contributed by atoms with Crippen molar-refractivity contribution >= 4 is 46.6 Å². The van der Waals surface area contributed by atoms with Gasteiger partial charge in [0, 0.05) is 10.3 Å². The second-order valence-electron chi connectivity index (χ2n) is 7.80. The third-order valence-electron chi connectivity index (χ3n) is 5.89. The molecular weight excluding hydrogens is 442 g/mol. The first-order valence-electron chi connectivity index (χ1n) is 10.0. The van der Waals surface area contributed by atoms with Crippen molar-refractivity contribution in [1.29, 1.82) is 0 Å². The number of hydrogen-bond acceptors (Lipinski definition) is 2. The van der Waals surface area contributed by atoms with E-state index in [9.17, 15) is 14.3 Å². The van der Waals surface area contributed by atoms with Gasteiger partial charge in [-0.2, -0.15) is 0 Å². The summed E-state index contributed by atoms with van der Waals surface area (Å²) in [6.45, 7) is 5.72. The molecule has 0 unspecified atom stereocenters. The Morgan fingerprint density at radius 3 is 2.83 bits per heavy atom. The first-order valence-corrected chi connectivity index (χ1v) is 11.7. The summed E-state index contributed by atoms with van der Waals surface area (Å²) in [7, 11) is 0. The fourth-order valence-electron chi connectivity index (χ4n) is 4.31. The molecule has 0 aliphatic heterocycles. The van der Waals surface area contributed by atoms with Crippen molar-refractivity contribution < 1.29 is 14.3 Å². The highest BCUT2D eigenvalue weighted by Gasteiger charge is 2.39. The van der Waals surface area contributed by atoms with Gasteiger partial charge in [-0.1, -0.05) is 42.0 Å². The van der Waals surface area contributed by atoms with Gasteiger partial charge in [0.15, 0.2) is 0 Å². The summed E-state index contributed by atoms with van der Waals surface area (Å²) < 4.78 is 13.5. The van der Waals surface area contributed by atoms with Gasteiger partial charge in [0.1, 0.15) is 10.7 Å². The lowest BCUT2D eigenvalue weighted by Gasteiger charge is -2.21. The van der Waals surface area contributed by atoms with Crippen LogP contribution < -0.4 is 0 Å².